The number of hydrogen-bond donors (Lipinski definition) is 2. The fraction of sp³-hybridized carbons (Fsp3) is 0.278. The van der Waals surface area contributed by atoms with Gasteiger partial charge < -0.3 is 11.1 Å². The standard InChI is InChI=1S/C18H23N3O3S.ClH/c1-2-21(16-9-4-3-5-10-16)25(23,24)17-11-6-8-15(14-17)18(22)20-13-7-12-19;/h3-6,8-11,14H,2,7,12-13,19H2,1H3,(H,20,22);1H. The van der Waals surface area contributed by atoms with E-state index in [9.17, 15) is 13.2 Å². The van der Waals surface area contributed by atoms with Crippen molar-refractivity contribution in [1.29, 1.82) is 0 Å². The maximum Gasteiger partial charge on any atom is 0.264 e. The molecule has 0 radical (unpaired) electrons. The monoisotopic (exact) mass is 397 g/mol. The molecule has 0 fully saturated rings. The summed E-state index contributed by atoms with van der Waals surface area (Å²) in [7, 11) is -3.75. The van der Waals surface area contributed by atoms with E-state index in [-0.39, 0.29) is 23.2 Å². The van der Waals surface area contributed by atoms with Gasteiger partial charge in [0.1, 0.15) is 0 Å². The average molecular weight is 398 g/mol. The molecule has 2 rings (SSSR count). The molecule has 0 atom stereocenters. The predicted molar refractivity (Wildman–Crippen MR) is 106 cm³/mol. The molecule has 2 aromatic carbocycles. The van der Waals surface area contributed by atoms with Gasteiger partial charge in [-0.25, -0.2) is 8.42 Å². The molecule has 0 aliphatic carbocycles. The Kier molecular flexibility index (Phi) is 8.57. The number of nitrogens with two attached hydrogens (primary N) is 1. The molecular formula is C18H24ClN3O3S. The number of anilines is 1. The molecule has 8 heteroatoms. The molecule has 0 saturated heterocycles. The van der Waals surface area contributed by atoms with Gasteiger partial charge in [-0.2, -0.15) is 0 Å². The first-order valence-corrected chi connectivity index (χ1v) is 9.61. The van der Waals surface area contributed by atoms with E-state index < -0.39 is 10.0 Å². The van der Waals surface area contributed by atoms with Crippen LogP contribution in [0.3, 0.4) is 0 Å². The highest BCUT2D eigenvalue weighted by atomic mass is 35.5. The lowest BCUT2D eigenvalue weighted by Gasteiger charge is -2.23. The number of halogens is 1. The molecule has 0 saturated carbocycles. The number of sulfonamides is 1. The highest BCUT2D eigenvalue weighted by molar-refractivity contribution is 7.92. The second-order valence-corrected chi connectivity index (χ2v) is 7.29. The molecule has 0 heterocycles. The lowest BCUT2D eigenvalue weighted by Crippen LogP contribution is -2.31. The van der Waals surface area contributed by atoms with Crippen LogP contribution >= 0.6 is 12.4 Å². The van der Waals surface area contributed by atoms with Crippen LogP contribution in [0.15, 0.2) is 59.5 Å². The molecule has 142 valence electrons. The summed E-state index contributed by atoms with van der Waals surface area (Å²) in [6.45, 7) is 3.00. The Labute approximate surface area is 160 Å². The fourth-order valence-corrected chi connectivity index (χ4v) is 3.94. The largest absolute Gasteiger partial charge is 0.352 e. The Hall–Kier alpha value is -2.09. The first-order chi connectivity index (χ1) is 12.0. The third-order valence-corrected chi connectivity index (χ3v) is 5.58. The molecule has 2 aromatic rings. The molecule has 26 heavy (non-hydrogen) atoms. The van der Waals surface area contributed by atoms with Crippen LogP contribution in [0.1, 0.15) is 23.7 Å². The summed E-state index contributed by atoms with van der Waals surface area (Å²) in [6, 6.07) is 14.9. The van der Waals surface area contributed by atoms with E-state index in [4.69, 9.17) is 5.73 Å². The summed E-state index contributed by atoms with van der Waals surface area (Å²) >= 11 is 0. The third kappa shape index (κ3) is 5.20. The van der Waals surface area contributed by atoms with Gasteiger partial charge in [0.15, 0.2) is 0 Å². The molecule has 0 aromatic heterocycles. The van der Waals surface area contributed by atoms with Crippen molar-refractivity contribution in [2.75, 3.05) is 23.9 Å². The van der Waals surface area contributed by atoms with Gasteiger partial charge in [0.2, 0.25) is 0 Å². The zero-order valence-electron chi connectivity index (χ0n) is 14.6. The summed E-state index contributed by atoms with van der Waals surface area (Å²) in [5.41, 5.74) is 6.30. The number of carbonyl (C=O) groups excluding carboxylic acids is 1. The van der Waals surface area contributed by atoms with E-state index in [1.807, 2.05) is 6.07 Å². The molecule has 0 spiro atoms. The van der Waals surface area contributed by atoms with Gasteiger partial charge in [-0.05, 0) is 50.2 Å². The van der Waals surface area contributed by atoms with Gasteiger partial charge in [0, 0.05) is 18.7 Å². The smallest absolute Gasteiger partial charge is 0.264 e. The van der Waals surface area contributed by atoms with Crippen LogP contribution in [-0.4, -0.2) is 34.0 Å². The van der Waals surface area contributed by atoms with Gasteiger partial charge >= 0.3 is 0 Å². The number of nitrogens with one attached hydrogen (secondary N) is 1. The summed E-state index contributed by atoms with van der Waals surface area (Å²) in [4.78, 5) is 12.2. The summed E-state index contributed by atoms with van der Waals surface area (Å²) in [5, 5.41) is 2.73. The number of hydrogen-bond acceptors (Lipinski definition) is 4. The molecular weight excluding hydrogens is 374 g/mol. The maximum atomic E-state index is 13.0. The fourth-order valence-electron chi connectivity index (χ4n) is 2.42. The summed E-state index contributed by atoms with van der Waals surface area (Å²) < 4.78 is 27.3. The van der Waals surface area contributed by atoms with Gasteiger partial charge in [0.05, 0.1) is 10.6 Å². The Bertz CT molecular complexity index is 813. The summed E-state index contributed by atoms with van der Waals surface area (Å²) in [5.74, 6) is -0.312. The van der Waals surface area contributed by atoms with Crippen LogP contribution < -0.4 is 15.4 Å². The lowest BCUT2D eigenvalue weighted by molar-refractivity contribution is 0.0953. The number of benzene rings is 2. The SMILES string of the molecule is CCN(c1ccccc1)S(=O)(=O)c1cccc(C(=O)NCCCN)c1.Cl. The number of nitrogens with zero attached hydrogens (tertiary/aromatic N) is 1. The van der Waals surface area contributed by atoms with Crippen molar-refractivity contribution in [3.05, 3.63) is 60.2 Å². The number of rotatable bonds is 8. The Balaban J connectivity index is 0.00000338. The van der Waals surface area contributed by atoms with Gasteiger partial charge in [0.25, 0.3) is 15.9 Å². The number of carbonyl (C=O) groups is 1. The van der Waals surface area contributed by atoms with Gasteiger partial charge in [-0.15, -0.1) is 12.4 Å². The molecule has 0 bridgehead atoms. The van der Waals surface area contributed by atoms with Crippen LogP contribution in [0, 0.1) is 0 Å². The van der Waals surface area contributed by atoms with Crippen LogP contribution in [0.2, 0.25) is 0 Å². The predicted octanol–water partition coefficient (Wildman–Crippen LogP) is 2.40. The first-order valence-electron chi connectivity index (χ1n) is 8.16. The van der Waals surface area contributed by atoms with Crippen LogP contribution in [0.5, 0.6) is 0 Å². The molecule has 0 aliphatic rings. The average Bonchev–Trinajstić information content (AvgIpc) is 2.63. The van der Waals surface area contributed by atoms with Crippen molar-refractivity contribution in [1.82, 2.24) is 5.32 Å². The zero-order valence-corrected chi connectivity index (χ0v) is 16.2. The second-order valence-electron chi connectivity index (χ2n) is 5.43. The van der Waals surface area contributed by atoms with Crippen molar-refractivity contribution in [3.8, 4) is 0 Å². The first kappa shape index (κ1) is 22.0. The highest BCUT2D eigenvalue weighted by Gasteiger charge is 2.24. The normalized spacial score (nSPS) is 10.7. The van der Waals surface area contributed by atoms with Crippen LogP contribution in [-0.2, 0) is 10.0 Å². The zero-order chi connectivity index (χ0) is 18.3. The van der Waals surface area contributed by atoms with Crippen LogP contribution in [0.25, 0.3) is 0 Å². The molecule has 6 nitrogen and oxygen atoms in total. The van der Waals surface area contributed by atoms with E-state index in [1.54, 1.807) is 43.3 Å². The van der Waals surface area contributed by atoms with E-state index in [2.05, 4.69) is 5.32 Å². The Morgan fingerprint density at radius 2 is 1.81 bits per heavy atom. The van der Waals surface area contributed by atoms with Crippen molar-refractivity contribution in [3.63, 3.8) is 0 Å². The minimum Gasteiger partial charge on any atom is -0.352 e. The molecule has 3 N–H and O–H groups in total. The maximum absolute atomic E-state index is 13.0. The van der Waals surface area contributed by atoms with E-state index in [0.29, 0.717) is 37.3 Å². The number of amides is 1. The second kappa shape index (κ2) is 10.2. The minimum absolute atomic E-state index is 0. The topological polar surface area (TPSA) is 92.5 Å². The van der Waals surface area contributed by atoms with Gasteiger partial charge in [-0.1, -0.05) is 24.3 Å². The van der Waals surface area contributed by atoms with Crippen molar-refractivity contribution >= 4 is 34.0 Å². The van der Waals surface area contributed by atoms with E-state index in [1.165, 1.54) is 16.4 Å². The Morgan fingerprint density at radius 3 is 2.42 bits per heavy atom. The van der Waals surface area contributed by atoms with Crippen molar-refractivity contribution < 1.29 is 13.2 Å². The molecule has 0 unspecified atom stereocenters. The van der Waals surface area contributed by atoms with Gasteiger partial charge in [-0.3, -0.25) is 9.10 Å². The lowest BCUT2D eigenvalue weighted by atomic mass is 10.2. The van der Waals surface area contributed by atoms with E-state index in [0.717, 1.165) is 0 Å². The van der Waals surface area contributed by atoms with Crippen molar-refractivity contribution in [2.24, 2.45) is 5.73 Å². The van der Waals surface area contributed by atoms with Crippen LogP contribution in [0.4, 0.5) is 5.69 Å². The number of para-hydroxylation sites is 1. The Morgan fingerprint density at radius 1 is 1.12 bits per heavy atom. The highest BCUT2D eigenvalue weighted by Crippen LogP contribution is 2.23. The molecule has 0 aliphatic heterocycles. The van der Waals surface area contributed by atoms with E-state index >= 15 is 0 Å². The minimum atomic E-state index is -3.75. The third-order valence-electron chi connectivity index (χ3n) is 3.68. The summed E-state index contributed by atoms with van der Waals surface area (Å²) in [6.07, 6.45) is 0.668. The van der Waals surface area contributed by atoms with Crippen molar-refractivity contribution in [2.45, 2.75) is 18.2 Å². The molecule has 1 amide bonds. The quantitative estimate of drug-likeness (QED) is 0.669.